The van der Waals surface area contributed by atoms with Gasteiger partial charge in [-0.15, -0.1) is 0 Å². The van der Waals surface area contributed by atoms with Crippen molar-refractivity contribution in [1.82, 2.24) is 9.78 Å². The fourth-order valence-electron chi connectivity index (χ4n) is 1.33. The number of benzene rings is 1. The van der Waals surface area contributed by atoms with E-state index in [2.05, 4.69) is 5.10 Å². The van der Waals surface area contributed by atoms with E-state index in [1.165, 1.54) is 0 Å². The molecule has 1 aromatic carbocycles. The molecule has 3 N–H and O–H groups in total. The summed E-state index contributed by atoms with van der Waals surface area (Å²) in [6.45, 7) is 0.533. The van der Waals surface area contributed by atoms with Crippen molar-refractivity contribution < 1.29 is 5.11 Å². The third kappa shape index (κ3) is 2.22. The second-order valence-corrected chi connectivity index (χ2v) is 3.64. The lowest BCUT2D eigenvalue weighted by molar-refractivity contribution is 0.474. The van der Waals surface area contributed by atoms with Gasteiger partial charge in [0.2, 0.25) is 0 Å². The quantitative estimate of drug-likeness (QED) is 0.817. The van der Waals surface area contributed by atoms with Crippen LogP contribution >= 0.6 is 11.6 Å². The van der Waals surface area contributed by atoms with Gasteiger partial charge in [0.1, 0.15) is 10.8 Å². The van der Waals surface area contributed by atoms with Crippen LogP contribution in [0.4, 0.5) is 5.82 Å². The van der Waals surface area contributed by atoms with E-state index < -0.39 is 0 Å². The largest absolute Gasteiger partial charge is 0.508 e. The highest BCUT2D eigenvalue weighted by molar-refractivity contribution is 6.32. The molecule has 0 aliphatic carbocycles. The van der Waals surface area contributed by atoms with Crippen molar-refractivity contribution in [3.8, 4) is 5.75 Å². The second kappa shape index (κ2) is 3.82. The molecule has 2 rings (SSSR count). The number of anilines is 1. The molecule has 0 radical (unpaired) electrons. The van der Waals surface area contributed by atoms with E-state index in [1.54, 1.807) is 29.1 Å². The predicted octanol–water partition coefficient (Wildman–Crippen LogP) is 1.87. The maximum atomic E-state index is 9.27. The number of phenols is 1. The molecule has 15 heavy (non-hydrogen) atoms. The van der Waals surface area contributed by atoms with E-state index >= 15 is 0 Å². The summed E-state index contributed by atoms with van der Waals surface area (Å²) in [5, 5.41) is 13.7. The number of aromatic hydroxyl groups is 1. The Morgan fingerprint density at radius 1 is 1.47 bits per heavy atom. The van der Waals surface area contributed by atoms with E-state index in [-0.39, 0.29) is 5.75 Å². The molecule has 0 fully saturated rings. The van der Waals surface area contributed by atoms with Gasteiger partial charge in [0.25, 0.3) is 0 Å². The van der Waals surface area contributed by atoms with Gasteiger partial charge in [0.05, 0.1) is 6.54 Å². The molecular formula is C10H10ClN3O. The van der Waals surface area contributed by atoms with Gasteiger partial charge in [-0.3, -0.25) is 4.68 Å². The Bertz CT molecular complexity index is 462. The molecule has 0 amide bonds. The molecule has 0 saturated carbocycles. The van der Waals surface area contributed by atoms with Gasteiger partial charge in [0.15, 0.2) is 5.82 Å². The minimum absolute atomic E-state index is 0.235. The number of aromatic nitrogens is 2. The fourth-order valence-corrected chi connectivity index (χ4v) is 1.49. The lowest BCUT2D eigenvalue weighted by atomic mass is 10.2. The summed E-state index contributed by atoms with van der Waals surface area (Å²) in [5.74, 6) is 0.551. The molecule has 4 nitrogen and oxygen atoms in total. The number of hydrogen-bond acceptors (Lipinski definition) is 3. The molecule has 5 heteroatoms. The van der Waals surface area contributed by atoms with Crippen molar-refractivity contribution in [2.75, 3.05) is 5.73 Å². The molecule has 0 aliphatic rings. The molecule has 0 aliphatic heterocycles. The predicted molar refractivity (Wildman–Crippen MR) is 58.9 cm³/mol. The summed E-state index contributed by atoms with van der Waals surface area (Å²) < 4.78 is 1.63. The highest BCUT2D eigenvalue weighted by Gasteiger charge is 2.03. The van der Waals surface area contributed by atoms with Crippen LogP contribution in [0.2, 0.25) is 5.02 Å². The molecule has 1 aromatic heterocycles. The Labute approximate surface area is 91.9 Å². The third-order valence-corrected chi connectivity index (χ3v) is 2.29. The van der Waals surface area contributed by atoms with Crippen LogP contribution in [0.3, 0.4) is 0 Å². The lowest BCUT2D eigenvalue weighted by Crippen LogP contribution is -2.00. The van der Waals surface area contributed by atoms with Gasteiger partial charge in [-0.05, 0) is 17.7 Å². The Balaban J connectivity index is 2.22. The van der Waals surface area contributed by atoms with Crippen molar-refractivity contribution in [3.63, 3.8) is 0 Å². The molecule has 0 atom stereocenters. The summed E-state index contributed by atoms with van der Waals surface area (Å²) >= 11 is 5.77. The monoisotopic (exact) mass is 223 g/mol. The summed E-state index contributed by atoms with van der Waals surface area (Å²) in [6.07, 6.45) is 1.65. The summed E-state index contributed by atoms with van der Waals surface area (Å²) in [6, 6.07) is 6.96. The second-order valence-electron chi connectivity index (χ2n) is 3.23. The third-order valence-electron chi connectivity index (χ3n) is 2.00. The average molecular weight is 224 g/mol. The van der Waals surface area contributed by atoms with Gasteiger partial charge in [-0.2, -0.15) is 5.10 Å². The van der Waals surface area contributed by atoms with Crippen molar-refractivity contribution >= 4 is 17.4 Å². The number of phenolic OH excluding ortho intramolecular Hbond substituents is 1. The van der Waals surface area contributed by atoms with Gasteiger partial charge in [-0.25, -0.2) is 0 Å². The van der Waals surface area contributed by atoms with Gasteiger partial charge < -0.3 is 10.8 Å². The average Bonchev–Trinajstić information content (AvgIpc) is 2.45. The summed E-state index contributed by atoms with van der Waals surface area (Å²) in [7, 11) is 0. The van der Waals surface area contributed by atoms with Crippen LogP contribution in [0.1, 0.15) is 5.56 Å². The maximum Gasteiger partial charge on any atom is 0.164 e. The molecule has 0 unspecified atom stereocenters. The highest BCUT2D eigenvalue weighted by atomic mass is 35.5. The number of nitrogens with two attached hydrogens (primary N) is 1. The van der Waals surface area contributed by atoms with Gasteiger partial charge in [0, 0.05) is 6.20 Å². The van der Waals surface area contributed by atoms with E-state index in [4.69, 9.17) is 17.3 Å². The summed E-state index contributed by atoms with van der Waals surface area (Å²) in [4.78, 5) is 0. The van der Waals surface area contributed by atoms with Crippen LogP contribution < -0.4 is 5.73 Å². The van der Waals surface area contributed by atoms with E-state index in [9.17, 15) is 5.11 Å². The van der Waals surface area contributed by atoms with Crippen LogP contribution in [0.5, 0.6) is 5.75 Å². The highest BCUT2D eigenvalue weighted by Crippen LogP contribution is 2.17. The van der Waals surface area contributed by atoms with Crippen LogP contribution in [0.15, 0.2) is 30.5 Å². The standard InChI is InChI=1S/C10H10ClN3O/c11-9-6-14(13-10(9)12)5-7-2-1-3-8(15)4-7/h1-4,6,15H,5H2,(H2,12,13). The number of rotatable bonds is 2. The SMILES string of the molecule is Nc1nn(Cc2cccc(O)c2)cc1Cl. The zero-order valence-corrected chi connectivity index (χ0v) is 8.65. The van der Waals surface area contributed by atoms with Crippen LogP contribution in [0, 0.1) is 0 Å². The Kier molecular flexibility index (Phi) is 2.51. The molecule has 2 aromatic rings. The molecular weight excluding hydrogens is 214 g/mol. The molecule has 0 saturated heterocycles. The van der Waals surface area contributed by atoms with Crippen LogP contribution in [-0.2, 0) is 6.54 Å². The lowest BCUT2D eigenvalue weighted by Gasteiger charge is -2.01. The number of hydrogen-bond donors (Lipinski definition) is 2. The van der Waals surface area contributed by atoms with Gasteiger partial charge in [-0.1, -0.05) is 23.7 Å². The van der Waals surface area contributed by atoms with Crippen LogP contribution in [0.25, 0.3) is 0 Å². The molecule has 78 valence electrons. The minimum atomic E-state index is 0.235. The molecule has 1 heterocycles. The first-order chi connectivity index (χ1) is 7.15. The zero-order valence-electron chi connectivity index (χ0n) is 7.89. The normalized spacial score (nSPS) is 10.5. The first-order valence-electron chi connectivity index (χ1n) is 4.41. The van der Waals surface area contributed by atoms with Crippen LogP contribution in [-0.4, -0.2) is 14.9 Å². The Hall–Kier alpha value is -1.68. The van der Waals surface area contributed by atoms with E-state index in [1.807, 2.05) is 6.07 Å². The van der Waals surface area contributed by atoms with Crippen molar-refractivity contribution in [1.29, 1.82) is 0 Å². The number of halogens is 1. The van der Waals surface area contributed by atoms with E-state index in [0.29, 0.717) is 17.4 Å². The Morgan fingerprint density at radius 2 is 2.27 bits per heavy atom. The van der Waals surface area contributed by atoms with Crippen molar-refractivity contribution in [2.24, 2.45) is 0 Å². The first kappa shape index (κ1) is 9.86. The smallest absolute Gasteiger partial charge is 0.164 e. The summed E-state index contributed by atoms with van der Waals surface area (Å²) in [5.41, 5.74) is 6.45. The Morgan fingerprint density at radius 3 is 2.87 bits per heavy atom. The van der Waals surface area contributed by atoms with E-state index in [0.717, 1.165) is 5.56 Å². The molecule has 0 spiro atoms. The zero-order chi connectivity index (χ0) is 10.8. The van der Waals surface area contributed by atoms with Gasteiger partial charge >= 0.3 is 0 Å². The molecule has 0 bridgehead atoms. The minimum Gasteiger partial charge on any atom is -0.508 e. The van der Waals surface area contributed by atoms with Crippen molar-refractivity contribution in [3.05, 3.63) is 41.0 Å². The first-order valence-corrected chi connectivity index (χ1v) is 4.79. The van der Waals surface area contributed by atoms with Crippen molar-refractivity contribution in [2.45, 2.75) is 6.54 Å². The fraction of sp³-hybridized carbons (Fsp3) is 0.100. The maximum absolute atomic E-state index is 9.27. The topological polar surface area (TPSA) is 64.1 Å². The number of nitrogen functional groups attached to an aromatic ring is 1. The number of nitrogens with zero attached hydrogens (tertiary/aromatic N) is 2.